The van der Waals surface area contributed by atoms with Crippen molar-refractivity contribution in [2.24, 2.45) is 17.3 Å². The summed E-state index contributed by atoms with van der Waals surface area (Å²) in [7, 11) is -6.03. The molecule has 2 aliphatic heterocycles. The SMILES string of the molecule is O=P1(CC2CCCCC2)OCC2(CO1)COP(=O)(CC1CCCCC1)OC2. The van der Waals surface area contributed by atoms with Crippen molar-refractivity contribution in [2.75, 3.05) is 38.8 Å². The molecule has 27 heavy (non-hydrogen) atoms. The van der Waals surface area contributed by atoms with Crippen LogP contribution in [0.2, 0.25) is 0 Å². The fourth-order valence-corrected chi connectivity index (χ4v) is 9.30. The molecule has 6 nitrogen and oxygen atoms in total. The average molecular weight is 420 g/mol. The first-order valence-electron chi connectivity index (χ1n) is 10.7. The molecule has 4 rings (SSSR count). The quantitative estimate of drug-likeness (QED) is 0.550. The summed E-state index contributed by atoms with van der Waals surface area (Å²) in [4.78, 5) is 0. The molecule has 2 aliphatic carbocycles. The van der Waals surface area contributed by atoms with E-state index >= 15 is 0 Å². The third kappa shape index (κ3) is 5.27. The normalized spacial score (nSPS) is 42.4. The number of rotatable bonds is 4. The van der Waals surface area contributed by atoms with Gasteiger partial charge in [-0.3, -0.25) is 9.13 Å². The van der Waals surface area contributed by atoms with Crippen molar-refractivity contribution in [1.29, 1.82) is 0 Å². The fraction of sp³-hybridized carbons (Fsp3) is 1.00. The second kappa shape index (κ2) is 8.58. The Hall–Kier alpha value is 0.300. The highest BCUT2D eigenvalue weighted by molar-refractivity contribution is 7.54. The van der Waals surface area contributed by atoms with E-state index in [1.807, 2.05) is 0 Å². The Morgan fingerprint density at radius 2 is 0.926 bits per heavy atom. The molecule has 2 saturated carbocycles. The third-order valence-electron chi connectivity index (χ3n) is 6.68. The Bertz CT molecular complexity index is 517. The summed E-state index contributed by atoms with van der Waals surface area (Å²) in [5.74, 6) is 0.904. The van der Waals surface area contributed by atoms with E-state index in [0.29, 0.717) is 50.6 Å². The number of hydrogen-bond acceptors (Lipinski definition) is 6. The minimum atomic E-state index is -3.02. The van der Waals surface area contributed by atoms with Crippen molar-refractivity contribution < 1.29 is 27.2 Å². The molecule has 1 spiro atoms. The van der Waals surface area contributed by atoms with Crippen LogP contribution in [-0.4, -0.2) is 38.8 Å². The van der Waals surface area contributed by atoms with Crippen molar-refractivity contribution in [3.63, 3.8) is 0 Å². The first-order valence-corrected chi connectivity index (χ1v) is 14.2. The van der Waals surface area contributed by atoms with Gasteiger partial charge in [-0.1, -0.05) is 38.5 Å². The minimum absolute atomic E-state index is 0.306. The molecule has 2 heterocycles. The van der Waals surface area contributed by atoms with Crippen molar-refractivity contribution in [1.82, 2.24) is 0 Å². The standard InChI is InChI=1S/C19H34O6P2/c20-26(11-17-7-3-1-4-8-17)22-13-19(14-23-26)15-24-27(21,25-16-19)12-18-9-5-2-6-10-18/h17-18H,1-16H2. The first-order chi connectivity index (χ1) is 13.0. The molecule has 0 aromatic carbocycles. The molecule has 0 radical (unpaired) electrons. The van der Waals surface area contributed by atoms with Crippen LogP contribution in [0.25, 0.3) is 0 Å². The molecule has 0 aromatic rings. The van der Waals surface area contributed by atoms with Crippen molar-refractivity contribution in [2.45, 2.75) is 64.2 Å². The molecule has 2 saturated heterocycles. The third-order valence-corrected chi connectivity index (χ3v) is 10.7. The van der Waals surface area contributed by atoms with Gasteiger partial charge in [-0.2, -0.15) is 0 Å². The van der Waals surface area contributed by atoms with Gasteiger partial charge in [0.05, 0.1) is 44.2 Å². The first kappa shape index (κ1) is 20.6. The highest BCUT2D eigenvalue weighted by Gasteiger charge is 2.49. The number of hydrogen-bond donors (Lipinski definition) is 0. The molecule has 4 fully saturated rings. The lowest BCUT2D eigenvalue weighted by Gasteiger charge is -2.44. The monoisotopic (exact) mass is 420 g/mol. The van der Waals surface area contributed by atoms with Crippen molar-refractivity contribution >= 4 is 15.2 Å². The molecular formula is C19H34O6P2. The lowest BCUT2D eigenvalue weighted by molar-refractivity contribution is -0.0694. The second-order valence-electron chi connectivity index (χ2n) is 9.19. The van der Waals surface area contributed by atoms with Gasteiger partial charge in [-0.15, -0.1) is 0 Å². The van der Waals surface area contributed by atoms with Gasteiger partial charge in [0.1, 0.15) is 0 Å². The lowest BCUT2D eigenvalue weighted by atomic mass is 9.91. The maximum Gasteiger partial charge on any atom is 0.331 e. The average Bonchev–Trinajstić information content (AvgIpc) is 2.69. The van der Waals surface area contributed by atoms with E-state index in [-0.39, 0.29) is 0 Å². The van der Waals surface area contributed by atoms with Crippen LogP contribution in [-0.2, 0) is 27.2 Å². The van der Waals surface area contributed by atoms with Crippen LogP contribution in [0.4, 0.5) is 0 Å². The summed E-state index contributed by atoms with van der Waals surface area (Å²) < 4.78 is 48.9. The van der Waals surface area contributed by atoms with Crippen LogP contribution < -0.4 is 0 Å². The summed E-state index contributed by atoms with van der Waals surface area (Å²) >= 11 is 0. The van der Waals surface area contributed by atoms with Gasteiger partial charge >= 0.3 is 15.2 Å². The Balaban J connectivity index is 1.26. The van der Waals surface area contributed by atoms with Crippen molar-refractivity contribution in [3.05, 3.63) is 0 Å². The Labute approximate surface area is 163 Å². The molecule has 0 aromatic heterocycles. The Morgan fingerprint density at radius 3 is 1.26 bits per heavy atom. The van der Waals surface area contributed by atoms with Crippen LogP contribution >= 0.6 is 15.2 Å². The van der Waals surface area contributed by atoms with Gasteiger partial charge in [0, 0.05) is 0 Å². The van der Waals surface area contributed by atoms with Gasteiger partial charge in [0.15, 0.2) is 0 Å². The molecule has 0 amide bonds. The van der Waals surface area contributed by atoms with E-state index in [0.717, 1.165) is 25.7 Å². The smallest absolute Gasteiger partial charge is 0.308 e. The fourth-order valence-electron chi connectivity index (χ4n) is 4.85. The molecule has 8 heteroatoms. The summed E-state index contributed by atoms with van der Waals surface area (Å²) in [5, 5.41) is 0. The lowest BCUT2D eigenvalue weighted by Crippen LogP contribution is -2.46. The molecule has 0 atom stereocenters. The predicted molar refractivity (Wildman–Crippen MR) is 104 cm³/mol. The van der Waals surface area contributed by atoms with Crippen LogP contribution in [0.5, 0.6) is 0 Å². The van der Waals surface area contributed by atoms with Crippen LogP contribution in [0.1, 0.15) is 64.2 Å². The van der Waals surface area contributed by atoms with E-state index in [1.54, 1.807) is 0 Å². The highest BCUT2D eigenvalue weighted by atomic mass is 31.2. The predicted octanol–water partition coefficient (Wildman–Crippen LogP) is 5.61. The zero-order valence-corrected chi connectivity index (χ0v) is 18.1. The molecule has 0 bridgehead atoms. The zero-order chi connectivity index (χ0) is 18.8. The summed E-state index contributed by atoms with van der Waals surface area (Å²) in [5.41, 5.74) is -0.471. The maximum atomic E-state index is 12.9. The molecule has 156 valence electrons. The Morgan fingerprint density at radius 1 is 0.593 bits per heavy atom. The molecule has 0 unspecified atom stereocenters. The topological polar surface area (TPSA) is 71.1 Å². The van der Waals surface area contributed by atoms with Gasteiger partial charge in [0.2, 0.25) is 0 Å². The minimum Gasteiger partial charge on any atom is -0.308 e. The highest BCUT2D eigenvalue weighted by Crippen LogP contribution is 2.61. The Kier molecular flexibility index (Phi) is 6.53. The van der Waals surface area contributed by atoms with Gasteiger partial charge < -0.3 is 18.1 Å². The van der Waals surface area contributed by atoms with E-state index in [2.05, 4.69) is 0 Å². The van der Waals surface area contributed by atoms with Gasteiger partial charge in [-0.05, 0) is 37.5 Å². The van der Waals surface area contributed by atoms with Crippen molar-refractivity contribution in [3.8, 4) is 0 Å². The maximum absolute atomic E-state index is 12.9. The van der Waals surface area contributed by atoms with Gasteiger partial charge in [-0.25, -0.2) is 0 Å². The summed E-state index contributed by atoms with van der Waals surface area (Å²) in [6.45, 7) is 1.22. The van der Waals surface area contributed by atoms with Crippen LogP contribution in [0.15, 0.2) is 0 Å². The van der Waals surface area contributed by atoms with Crippen LogP contribution in [0, 0.1) is 17.3 Å². The molecule has 4 aliphatic rings. The molecule has 0 N–H and O–H groups in total. The summed E-state index contributed by atoms with van der Waals surface area (Å²) in [6, 6.07) is 0. The van der Waals surface area contributed by atoms with E-state index in [9.17, 15) is 9.13 Å². The zero-order valence-electron chi connectivity index (χ0n) is 16.3. The summed E-state index contributed by atoms with van der Waals surface area (Å²) in [6.07, 6.45) is 13.0. The van der Waals surface area contributed by atoms with Crippen LogP contribution in [0.3, 0.4) is 0 Å². The second-order valence-corrected chi connectivity index (χ2v) is 13.4. The molecular weight excluding hydrogens is 386 g/mol. The largest absolute Gasteiger partial charge is 0.331 e. The van der Waals surface area contributed by atoms with E-state index < -0.39 is 20.6 Å². The van der Waals surface area contributed by atoms with E-state index in [4.69, 9.17) is 18.1 Å². The van der Waals surface area contributed by atoms with Gasteiger partial charge in [0.25, 0.3) is 0 Å². The van der Waals surface area contributed by atoms with E-state index in [1.165, 1.54) is 38.5 Å².